The predicted molar refractivity (Wildman–Crippen MR) is 279 cm³/mol. The topological polar surface area (TPSA) is 72.8 Å². The maximum Gasteiger partial charge on any atom is 0.306 e. The molecule has 0 bridgehead atoms. The van der Waals surface area contributed by atoms with Gasteiger partial charge in [-0.05, 0) is 64.2 Å². The second-order valence-corrected chi connectivity index (χ2v) is 18.3. The van der Waals surface area contributed by atoms with E-state index < -0.39 is 6.10 Å². The molecule has 0 aliphatic carbocycles. The van der Waals surface area contributed by atoms with E-state index in [-0.39, 0.29) is 25.2 Å². The van der Waals surface area contributed by atoms with Crippen molar-refractivity contribution in [2.75, 3.05) is 13.2 Å². The SMILES string of the molecule is CC/C=C\C/C=C\C/C=C\C/C=C\C/C=C\C/C=C\CCCCC(=O)OC(CO)COC(=O)CCCCCCCCCCCCCCCCCCCCCCCCCCCCCCC. The number of esters is 2. The van der Waals surface area contributed by atoms with Crippen molar-refractivity contribution in [1.29, 1.82) is 0 Å². The highest BCUT2D eigenvalue weighted by Crippen LogP contribution is 2.17. The number of ether oxygens (including phenoxy) is 2. The Morgan fingerprint density at radius 2 is 0.672 bits per heavy atom. The van der Waals surface area contributed by atoms with Gasteiger partial charge in [-0.1, -0.05) is 267 Å². The first-order valence-corrected chi connectivity index (χ1v) is 27.5. The van der Waals surface area contributed by atoms with E-state index in [0.717, 1.165) is 77.0 Å². The van der Waals surface area contributed by atoms with Gasteiger partial charge < -0.3 is 14.6 Å². The maximum atomic E-state index is 12.3. The average Bonchev–Trinajstić information content (AvgIpc) is 3.30. The summed E-state index contributed by atoms with van der Waals surface area (Å²) < 4.78 is 10.7. The predicted octanol–water partition coefficient (Wildman–Crippen LogP) is 18.4. The van der Waals surface area contributed by atoms with Crippen LogP contribution in [0, 0.1) is 0 Å². The second-order valence-electron chi connectivity index (χ2n) is 18.3. The largest absolute Gasteiger partial charge is 0.462 e. The van der Waals surface area contributed by atoms with Crippen LogP contribution in [-0.2, 0) is 19.1 Å². The Kier molecular flexibility index (Phi) is 52.4. The molecule has 0 rings (SSSR count). The lowest BCUT2D eigenvalue weighted by Crippen LogP contribution is -2.28. The summed E-state index contributed by atoms with van der Waals surface area (Å²) >= 11 is 0. The molecule has 0 fully saturated rings. The van der Waals surface area contributed by atoms with Crippen LogP contribution in [0.1, 0.15) is 271 Å². The Morgan fingerprint density at radius 3 is 1.02 bits per heavy atom. The van der Waals surface area contributed by atoms with Crippen molar-refractivity contribution in [1.82, 2.24) is 0 Å². The molecule has 0 saturated heterocycles. The molecule has 0 aromatic carbocycles. The summed E-state index contributed by atoms with van der Waals surface area (Å²) in [4.78, 5) is 24.5. The lowest BCUT2D eigenvalue weighted by Gasteiger charge is -2.15. The molecule has 0 spiro atoms. The third kappa shape index (κ3) is 52.0. The minimum Gasteiger partial charge on any atom is -0.462 e. The zero-order chi connectivity index (χ0) is 46.3. The molecule has 0 amide bonds. The minimum absolute atomic E-state index is 0.0842. The molecule has 5 nitrogen and oxygen atoms in total. The highest BCUT2D eigenvalue weighted by Gasteiger charge is 2.16. The van der Waals surface area contributed by atoms with Crippen molar-refractivity contribution in [2.24, 2.45) is 0 Å². The van der Waals surface area contributed by atoms with Gasteiger partial charge in [0.05, 0.1) is 6.61 Å². The molecule has 1 unspecified atom stereocenters. The Hall–Kier alpha value is -2.66. The van der Waals surface area contributed by atoms with E-state index in [1.54, 1.807) is 0 Å². The summed E-state index contributed by atoms with van der Waals surface area (Å²) in [6, 6.07) is 0. The average molecular weight is 893 g/mol. The van der Waals surface area contributed by atoms with Gasteiger partial charge in [-0.15, -0.1) is 0 Å². The molecule has 64 heavy (non-hydrogen) atoms. The molecule has 5 heteroatoms. The molecule has 370 valence electrons. The number of aliphatic hydroxyl groups is 1. The Bertz CT molecular complexity index is 1150. The van der Waals surface area contributed by atoms with Gasteiger partial charge >= 0.3 is 11.9 Å². The minimum atomic E-state index is -0.798. The summed E-state index contributed by atoms with van der Waals surface area (Å²) in [7, 11) is 0. The summed E-state index contributed by atoms with van der Waals surface area (Å²) in [5, 5.41) is 9.63. The first-order chi connectivity index (χ1) is 31.6. The Morgan fingerprint density at radius 1 is 0.375 bits per heavy atom. The summed E-state index contributed by atoms with van der Waals surface area (Å²) in [5.74, 6) is -0.635. The number of aliphatic hydroxyl groups excluding tert-OH is 1. The van der Waals surface area contributed by atoms with E-state index in [2.05, 4.69) is 86.8 Å². The van der Waals surface area contributed by atoms with E-state index in [1.165, 1.54) is 167 Å². The van der Waals surface area contributed by atoms with Crippen LogP contribution in [0.4, 0.5) is 0 Å². The molecule has 0 aromatic rings. The normalized spacial score (nSPS) is 12.7. The van der Waals surface area contributed by atoms with Crippen molar-refractivity contribution < 1.29 is 24.2 Å². The van der Waals surface area contributed by atoms with E-state index in [9.17, 15) is 14.7 Å². The lowest BCUT2D eigenvalue weighted by molar-refractivity contribution is -0.161. The molecule has 0 saturated carbocycles. The van der Waals surface area contributed by atoms with Crippen LogP contribution < -0.4 is 0 Å². The molecule has 0 radical (unpaired) electrons. The smallest absolute Gasteiger partial charge is 0.306 e. The van der Waals surface area contributed by atoms with Gasteiger partial charge in [-0.25, -0.2) is 0 Å². The van der Waals surface area contributed by atoms with Crippen molar-refractivity contribution in [3.05, 3.63) is 72.9 Å². The number of hydrogen-bond acceptors (Lipinski definition) is 5. The van der Waals surface area contributed by atoms with Gasteiger partial charge in [-0.2, -0.15) is 0 Å². The maximum absolute atomic E-state index is 12.3. The third-order valence-corrected chi connectivity index (χ3v) is 12.0. The fourth-order valence-corrected chi connectivity index (χ4v) is 7.91. The van der Waals surface area contributed by atoms with Gasteiger partial charge in [0.1, 0.15) is 6.61 Å². The summed E-state index contributed by atoms with van der Waals surface area (Å²) in [6.45, 7) is 4.02. The number of carbonyl (C=O) groups is 2. The van der Waals surface area contributed by atoms with E-state index in [0.29, 0.717) is 12.8 Å². The van der Waals surface area contributed by atoms with Crippen LogP contribution in [0.5, 0.6) is 0 Å². The number of hydrogen-bond donors (Lipinski definition) is 1. The van der Waals surface area contributed by atoms with E-state index >= 15 is 0 Å². The summed E-state index contributed by atoms with van der Waals surface area (Å²) in [6.07, 6.45) is 74.5. The molecular formula is C59H104O5. The third-order valence-electron chi connectivity index (χ3n) is 12.0. The van der Waals surface area contributed by atoms with Crippen LogP contribution in [0.2, 0.25) is 0 Å². The van der Waals surface area contributed by atoms with Crippen molar-refractivity contribution in [3.63, 3.8) is 0 Å². The van der Waals surface area contributed by atoms with Crippen LogP contribution in [0.25, 0.3) is 0 Å². The molecule has 0 aliphatic heterocycles. The van der Waals surface area contributed by atoms with Crippen LogP contribution in [0.3, 0.4) is 0 Å². The van der Waals surface area contributed by atoms with Crippen molar-refractivity contribution in [3.8, 4) is 0 Å². The van der Waals surface area contributed by atoms with Crippen LogP contribution in [-0.4, -0.2) is 36.4 Å². The van der Waals surface area contributed by atoms with Crippen LogP contribution >= 0.6 is 0 Å². The summed E-state index contributed by atoms with van der Waals surface area (Å²) in [5.41, 5.74) is 0. The monoisotopic (exact) mass is 893 g/mol. The number of allylic oxidation sites excluding steroid dienone is 12. The lowest BCUT2D eigenvalue weighted by atomic mass is 10.0. The van der Waals surface area contributed by atoms with E-state index in [1.807, 2.05) is 0 Å². The van der Waals surface area contributed by atoms with Crippen LogP contribution in [0.15, 0.2) is 72.9 Å². The number of carbonyl (C=O) groups excluding carboxylic acids is 2. The van der Waals surface area contributed by atoms with E-state index in [4.69, 9.17) is 9.47 Å². The highest BCUT2D eigenvalue weighted by molar-refractivity contribution is 5.70. The zero-order valence-corrected chi connectivity index (χ0v) is 42.3. The first-order valence-electron chi connectivity index (χ1n) is 27.5. The fourth-order valence-electron chi connectivity index (χ4n) is 7.91. The molecule has 1 atom stereocenters. The van der Waals surface area contributed by atoms with Gasteiger partial charge in [0.25, 0.3) is 0 Å². The highest BCUT2D eigenvalue weighted by atomic mass is 16.6. The van der Waals surface area contributed by atoms with Gasteiger partial charge in [-0.3, -0.25) is 9.59 Å². The van der Waals surface area contributed by atoms with Crippen molar-refractivity contribution >= 4 is 11.9 Å². The van der Waals surface area contributed by atoms with Gasteiger partial charge in [0.15, 0.2) is 6.10 Å². The molecule has 0 aromatic heterocycles. The Labute approximate surface area is 397 Å². The molecule has 1 N–H and O–H groups in total. The number of unbranched alkanes of at least 4 members (excludes halogenated alkanes) is 30. The molecule has 0 heterocycles. The Balaban J connectivity index is 3.51. The van der Waals surface area contributed by atoms with Crippen molar-refractivity contribution in [2.45, 2.75) is 277 Å². The molecule has 0 aliphatic rings. The van der Waals surface area contributed by atoms with Gasteiger partial charge in [0, 0.05) is 12.8 Å². The van der Waals surface area contributed by atoms with Gasteiger partial charge in [0.2, 0.25) is 0 Å². The zero-order valence-electron chi connectivity index (χ0n) is 42.3. The standard InChI is InChI=1S/C59H104O5/c1-3-5-7-9-11-13-15-17-19-21-23-25-26-27-28-29-30-31-32-34-35-37-39-41-43-45-47-49-51-53-58(61)63-56-57(55-60)64-59(62)54-52-50-48-46-44-42-40-38-36-33-24-22-20-18-16-14-12-10-8-6-4-2/h6,8,12,14,18,20,24,33,38,40,44,46,57,60H,3-5,7,9-11,13,15-17,19,21-23,25-32,34-37,39,41-43,45,47-56H2,1-2H3/b8-6-,14-12-,20-18-,33-24-,40-38-,46-44-. The second kappa shape index (κ2) is 54.7. The fraction of sp³-hybridized carbons (Fsp3) is 0.763. The molecular weight excluding hydrogens is 789 g/mol. The quantitative estimate of drug-likeness (QED) is 0.0374. The first kappa shape index (κ1) is 61.3. The number of rotatable bonds is 50.